The monoisotopic (exact) mass is 316 g/mol. The Kier molecular flexibility index (Phi) is 5.72. The average molecular weight is 316 g/mol. The van der Waals surface area contributed by atoms with E-state index >= 15 is 0 Å². The van der Waals surface area contributed by atoms with E-state index in [1.54, 1.807) is 18.0 Å². The maximum atomic E-state index is 12.1. The molecule has 1 aromatic carbocycles. The number of carbonyl (C=O) groups excluding carboxylic acids is 2. The molecule has 2 amide bonds. The molecule has 116 valence electrons. The van der Waals surface area contributed by atoms with Gasteiger partial charge in [0.25, 0.3) is 5.91 Å². The molecule has 22 heavy (non-hydrogen) atoms. The van der Waals surface area contributed by atoms with Gasteiger partial charge in [-0.3, -0.25) is 9.59 Å². The van der Waals surface area contributed by atoms with E-state index in [2.05, 4.69) is 5.32 Å². The van der Waals surface area contributed by atoms with Gasteiger partial charge in [0.2, 0.25) is 5.91 Å². The highest BCUT2D eigenvalue weighted by molar-refractivity contribution is 7.12. The molecule has 5 heteroatoms. The summed E-state index contributed by atoms with van der Waals surface area (Å²) in [7, 11) is 1.78. The van der Waals surface area contributed by atoms with Crippen LogP contribution in [-0.4, -0.2) is 30.3 Å². The van der Waals surface area contributed by atoms with Crippen LogP contribution in [0.5, 0.6) is 0 Å². The van der Waals surface area contributed by atoms with Crippen molar-refractivity contribution < 1.29 is 9.59 Å². The highest BCUT2D eigenvalue weighted by Crippen LogP contribution is 2.08. The van der Waals surface area contributed by atoms with Gasteiger partial charge in [-0.1, -0.05) is 35.9 Å². The van der Waals surface area contributed by atoms with Gasteiger partial charge in [-0.15, -0.1) is 11.3 Å². The molecule has 0 bridgehead atoms. The number of aryl methyl sites for hydroxylation is 1. The summed E-state index contributed by atoms with van der Waals surface area (Å²) in [6, 6.07) is 11.7. The maximum absolute atomic E-state index is 12.1. The minimum absolute atomic E-state index is 0.0204. The molecule has 0 aliphatic rings. The van der Waals surface area contributed by atoms with Gasteiger partial charge >= 0.3 is 0 Å². The number of rotatable bonds is 6. The predicted octanol–water partition coefficient (Wildman–Crippen LogP) is 2.84. The van der Waals surface area contributed by atoms with Crippen LogP contribution >= 0.6 is 11.3 Å². The van der Waals surface area contributed by atoms with Crippen LogP contribution in [0.3, 0.4) is 0 Å². The SMILES string of the molecule is Cc1ccc(CN(C)C(=O)CCNC(=O)c2cccs2)cc1. The van der Waals surface area contributed by atoms with Crippen molar-refractivity contribution in [3.05, 3.63) is 57.8 Å². The molecule has 0 aliphatic carbocycles. The van der Waals surface area contributed by atoms with Crippen LogP contribution in [0.1, 0.15) is 27.2 Å². The van der Waals surface area contributed by atoms with Crippen molar-refractivity contribution in [3.63, 3.8) is 0 Å². The third kappa shape index (κ3) is 4.70. The van der Waals surface area contributed by atoms with Gasteiger partial charge in [-0.05, 0) is 23.9 Å². The zero-order valence-electron chi connectivity index (χ0n) is 12.8. The van der Waals surface area contributed by atoms with Gasteiger partial charge < -0.3 is 10.2 Å². The number of hydrogen-bond donors (Lipinski definition) is 1. The van der Waals surface area contributed by atoms with Crippen molar-refractivity contribution >= 4 is 23.2 Å². The topological polar surface area (TPSA) is 49.4 Å². The predicted molar refractivity (Wildman–Crippen MR) is 88.9 cm³/mol. The Hall–Kier alpha value is -2.14. The molecule has 0 saturated carbocycles. The molecule has 1 N–H and O–H groups in total. The number of amides is 2. The quantitative estimate of drug-likeness (QED) is 0.891. The van der Waals surface area contributed by atoms with E-state index in [-0.39, 0.29) is 11.8 Å². The van der Waals surface area contributed by atoms with Crippen LogP contribution in [0.4, 0.5) is 0 Å². The second kappa shape index (κ2) is 7.75. The Balaban J connectivity index is 1.74. The Labute approximate surface area is 134 Å². The zero-order valence-corrected chi connectivity index (χ0v) is 13.7. The first kappa shape index (κ1) is 16.2. The molecule has 1 heterocycles. The van der Waals surface area contributed by atoms with Gasteiger partial charge in [-0.2, -0.15) is 0 Å². The Morgan fingerprint density at radius 3 is 2.55 bits per heavy atom. The number of benzene rings is 1. The number of nitrogens with one attached hydrogen (secondary N) is 1. The van der Waals surface area contributed by atoms with E-state index in [1.807, 2.05) is 42.6 Å². The standard InChI is InChI=1S/C17H20N2O2S/c1-13-5-7-14(8-6-13)12-19(2)16(20)9-10-18-17(21)15-4-3-11-22-15/h3-8,11H,9-10,12H2,1-2H3,(H,18,21). The van der Waals surface area contributed by atoms with Crippen LogP contribution in [-0.2, 0) is 11.3 Å². The van der Waals surface area contributed by atoms with Crippen molar-refractivity contribution in [1.82, 2.24) is 10.2 Å². The van der Waals surface area contributed by atoms with Crippen LogP contribution in [0.2, 0.25) is 0 Å². The molecule has 0 saturated heterocycles. The summed E-state index contributed by atoms with van der Waals surface area (Å²) < 4.78 is 0. The van der Waals surface area contributed by atoms with E-state index in [0.29, 0.717) is 24.4 Å². The normalized spacial score (nSPS) is 10.3. The lowest BCUT2D eigenvalue weighted by Crippen LogP contribution is -2.31. The van der Waals surface area contributed by atoms with Gasteiger partial charge in [0.15, 0.2) is 0 Å². The first-order valence-corrected chi connectivity index (χ1v) is 8.05. The fraction of sp³-hybridized carbons (Fsp3) is 0.294. The molecule has 4 nitrogen and oxygen atoms in total. The zero-order chi connectivity index (χ0) is 15.9. The van der Waals surface area contributed by atoms with Crippen molar-refractivity contribution in [2.24, 2.45) is 0 Å². The molecule has 0 unspecified atom stereocenters. The third-order valence-electron chi connectivity index (χ3n) is 3.34. The largest absolute Gasteiger partial charge is 0.351 e. The van der Waals surface area contributed by atoms with Crippen molar-refractivity contribution in [3.8, 4) is 0 Å². The molecule has 2 aromatic rings. The fourth-order valence-electron chi connectivity index (χ4n) is 2.02. The molecule has 0 aliphatic heterocycles. The second-order valence-corrected chi connectivity index (χ2v) is 6.17. The summed E-state index contributed by atoms with van der Waals surface area (Å²) >= 11 is 1.39. The summed E-state index contributed by atoms with van der Waals surface area (Å²) in [5, 5.41) is 4.62. The van der Waals surface area contributed by atoms with Crippen molar-refractivity contribution in [2.45, 2.75) is 19.9 Å². The lowest BCUT2D eigenvalue weighted by molar-refractivity contribution is -0.130. The molecule has 2 rings (SSSR count). The lowest BCUT2D eigenvalue weighted by Gasteiger charge is -2.17. The number of nitrogens with zero attached hydrogens (tertiary/aromatic N) is 1. The Morgan fingerprint density at radius 2 is 1.91 bits per heavy atom. The van der Waals surface area contributed by atoms with Crippen LogP contribution < -0.4 is 5.32 Å². The summed E-state index contributed by atoms with van der Waals surface area (Å²) in [4.78, 5) is 26.2. The molecule has 0 atom stereocenters. The van der Waals surface area contributed by atoms with Gasteiger partial charge in [-0.25, -0.2) is 0 Å². The second-order valence-electron chi connectivity index (χ2n) is 5.22. The van der Waals surface area contributed by atoms with Gasteiger partial charge in [0, 0.05) is 26.6 Å². The van der Waals surface area contributed by atoms with E-state index in [4.69, 9.17) is 0 Å². The number of carbonyl (C=O) groups is 2. The van der Waals surface area contributed by atoms with Gasteiger partial charge in [0.05, 0.1) is 4.88 Å². The lowest BCUT2D eigenvalue weighted by atomic mass is 10.1. The van der Waals surface area contributed by atoms with E-state index in [0.717, 1.165) is 5.56 Å². The first-order valence-electron chi connectivity index (χ1n) is 7.17. The molecule has 0 radical (unpaired) electrons. The maximum Gasteiger partial charge on any atom is 0.261 e. The summed E-state index contributed by atoms with van der Waals surface area (Å²) in [6.45, 7) is 2.97. The Bertz CT molecular complexity index is 621. The van der Waals surface area contributed by atoms with Gasteiger partial charge in [0.1, 0.15) is 0 Å². The number of thiophene rings is 1. The summed E-state index contributed by atoms with van der Waals surface area (Å²) in [6.07, 6.45) is 0.305. The molecule has 0 spiro atoms. The number of hydrogen-bond acceptors (Lipinski definition) is 3. The first-order chi connectivity index (χ1) is 10.6. The Morgan fingerprint density at radius 1 is 1.18 bits per heavy atom. The smallest absolute Gasteiger partial charge is 0.261 e. The van der Waals surface area contributed by atoms with Crippen LogP contribution in [0, 0.1) is 6.92 Å². The molecule has 1 aromatic heterocycles. The minimum atomic E-state index is -0.121. The van der Waals surface area contributed by atoms with Crippen molar-refractivity contribution in [1.29, 1.82) is 0 Å². The minimum Gasteiger partial charge on any atom is -0.351 e. The third-order valence-corrected chi connectivity index (χ3v) is 4.20. The summed E-state index contributed by atoms with van der Waals surface area (Å²) in [5.74, 6) is -0.101. The average Bonchev–Trinajstić information content (AvgIpc) is 3.03. The molecular formula is C17H20N2O2S. The summed E-state index contributed by atoms with van der Waals surface area (Å²) in [5.41, 5.74) is 2.30. The van der Waals surface area contributed by atoms with Crippen molar-refractivity contribution in [2.75, 3.05) is 13.6 Å². The molecule has 0 fully saturated rings. The van der Waals surface area contributed by atoms with Crippen LogP contribution in [0.15, 0.2) is 41.8 Å². The fourth-order valence-corrected chi connectivity index (χ4v) is 2.66. The molecular weight excluding hydrogens is 296 g/mol. The van der Waals surface area contributed by atoms with E-state index in [9.17, 15) is 9.59 Å². The van der Waals surface area contributed by atoms with E-state index in [1.165, 1.54) is 16.9 Å². The van der Waals surface area contributed by atoms with E-state index < -0.39 is 0 Å². The highest BCUT2D eigenvalue weighted by atomic mass is 32.1. The highest BCUT2D eigenvalue weighted by Gasteiger charge is 2.11. The van der Waals surface area contributed by atoms with Crippen LogP contribution in [0.25, 0.3) is 0 Å².